The number of amides is 1. The van der Waals surface area contributed by atoms with Gasteiger partial charge < -0.3 is 4.74 Å². The minimum absolute atomic E-state index is 0.000324. The number of hydrogen-bond donors (Lipinski definition) is 1. The largest absolute Gasteiger partial charge is 0.484 e. The van der Waals surface area contributed by atoms with Crippen LogP contribution in [-0.4, -0.2) is 18.2 Å². The topological polar surface area (TPSA) is 50.7 Å². The Balaban J connectivity index is 1.79. The lowest BCUT2D eigenvalue weighted by Crippen LogP contribution is -2.26. The van der Waals surface area contributed by atoms with Crippen molar-refractivity contribution in [3.8, 4) is 5.75 Å². The Morgan fingerprint density at radius 1 is 1.15 bits per heavy atom. The van der Waals surface area contributed by atoms with Gasteiger partial charge in [0.25, 0.3) is 5.91 Å². The molecule has 1 aromatic carbocycles. The van der Waals surface area contributed by atoms with Crippen LogP contribution in [0.25, 0.3) is 0 Å². The van der Waals surface area contributed by atoms with E-state index in [4.69, 9.17) is 4.74 Å². The van der Waals surface area contributed by atoms with Gasteiger partial charge in [-0.1, -0.05) is 12.5 Å². The number of hydrogen-bond acceptors (Lipinski definition) is 3. The third-order valence-corrected chi connectivity index (χ3v) is 3.33. The molecule has 1 aliphatic carbocycles. The smallest absolute Gasteiger partial charge is 0.277 e. The van der Waals surface area contributed by atoms with Crippen LogP contribution in [0.2, 0.25) is 0 Å². The van der Waals surface area contributed by atoms with E-state index in [1.54, 1.807) is 0 Å². The van der Waals surface area contributed by atoms with Gasteiger partial charge in [-0.2, -0.15) is 5.10 Å². The second kappa shape index (κ2) is 7.08. The zero-order valence-corrected chi connectivity index (χ0v) is 12.2. The van der Waals surface area contributed by atoms with Crippen LogP contribution < -0.4 is 10.2 Å². The maximum absolute atomic E-state index is 11.7. The minimum Gasteiger partial charge on any atom is -0.484 e. The molecule has 0 aromatic heterocycles. The van der Waals surface area contributed by atoms with Crippen molar-refractivity contribution in [2.75, 3.05) is 6.61 Å². The molecule has 1 saturated carbocycles. The first kappa shape index (κ1) is 14.6. The molecule has 0 spiro atoms. The van der Waals surface area contributed by atoms with Crippen LogP contribution in [-0.2, 0) is 4.79 Å². The highest BCUT2D eigenvalue weighted by molar-refractivity contribution is 5.87. The van der Waals surface area contributed by atoms with Crippen LogP contribution in [0, 0.1) is 13.8 Å². The average molecular weight is 274 g/mol. The van der Waals surface area contributed by atoms with Crippen LogP contribution in [0.4, 0.5) is 0 Å². The Hall–Kier alpha value is -1.84. The molecule has 1 aliphatic rings. The maximum Gasteiger partial charge on any atom is 0.277 e. The molecule has 108 valence electrons. The van der Waals surface area contributed by atoms with Gasteiger partial charge in [0.1, 0.15) is 5.75 Å². The molecule has 0 radical (unpaired) electrons. The predicted molar refractivity (Wildman–Crippen MR) is 80.1 cm³/mol. The van der Waals surface area contributed by atoms with Gasteiger partial charge in [0.2, 0.25) is 0 Å². The van der Waals surface area contributed by atoms with E-state index >= 15 is 0 Å². The number of hydrazone groups is 1. The summed E-state index contributed by atoms with van der Waals surface area (Å²) in [5.74, 6) is 0.519. The first-order valence-electron chi connectivity index (χ1n) is 7.19. The van der Waals surface area contributed by atoms with E-state index in [1.165, 1.54) is 19.3 Å². The summed E-state index contributed by atoms with van der Waals surface area (Å²) in [6.07, 6.45) is 5.61. The zero-order chi connectivity index (χ0) is 14.4. The van der Waals surface area contributed by atoms with Gasteiger partial charge in [-0.15, -0.1) is 0 Å². The number of nitrogens with zero attached hydrogens (tertiary/aromatic N) is 1. The summed E-state index contributed by atoms with van der Waals surface area (Å²) >= 11 is 0. The Bertz CT molecular complexity index is 481. The molecule has 2 rings (SSSR count). The van der Waals surface area contributed by atoms with Crippen molar-refractivity contribution in [2.24, 2.45) is 5.10 Å². The number of nitrogens with one attached hydrogen (secondary N) is 1. The molecule has 0 unspecified atom stereocenters. The van der Waals surface area contributed by atoms with Gasteiger partial charge in [-0.3, -0.25) is 4.79 Å². The highest BCUT2D eigenvalue weighted by atomic mass is 16.5. The zero-order valence-electron chi connectivity index (χ0n) is 12.2. The Kier molecular flexibility index (Phi) is 5.16. The fraction of sp³-hybridized carbons (Fsp3) is 0.500. The number of aryl methyl sites for hydroxylation is 2. The summed E-state index contributed by atoms with van der Waals surface area (Å²) in [5, 5.41) is 4.17. The second-order valence-corrected chi connectivity index (χ2v) is 5.39. The van der Waals surface area contributed by atoms with Gasteiger partial charge in [0.15, 0.2) is 6.61 Å². The summed E-state index contributed by atoms with van der Waals surface area (Å²) in [4.78, 5) is 11.7. The maximum atomic E-state index is 11.7. The molecule has 20 heavy (non-hydrogen) atoms. The van der Waals surface area contributed by atoms with E-state index in [1.807, 2.05) is 26.0 Å². The molecular formula is C16H22N2O2. The van der Waals surface area contributed by atoms with Crippen LogP contribution in [0.1, 0.15) is 43.2 Å². The summed E-state index contributed by atoms with van der Waals surface area (Å²) < 4.78 is 5.49. The SMILES string of the molecule is Cc1cc(C)cc(OCC(=O)NN=C2CCCCC2)c1. The molecule has 1 aromatic rings. The van der Waals surface area contributed by atoms with Crippen molar-refractivity contribution in [3.05, 3.63) is 29.3 Å². The molecule has 4 heteroatoms. The molecule has 0 bridgehead atoms. The van der Waals surface area contributed by atoms with E-state index in [0.717, 1.165) is 35.4 Å². The third-order valence-electron chi connectivity index (χ3n) is 3.33. The number of carbonyl (C=O) groups excluding carboxylic acids is 1. The van der Waals surface area contributed by atoms with Crippen LogP contribution in [0.15, 0.2) is 23.3 Å². The predicted octanol–water partition coefficient (Wildman–Crippen LogP) is 3.12. The number of benzene rings is 1. The molecule has 0 aliphatic heterocycles. The fourth-order valence-corrected chi connectivity index (χ4v) is 2.41. The van der Waals surface area contributed by atoms with Crippen LogP contribution in [0.3, 0.4) is 0 Å². The van der Waals surface area contributed by atoms with E-state index in [9.17, 15) is 4.79 Å². The first-order chi connectivity index (χ1) is 9.63. The van der Waals surface area contributed by atoms with Crippen molar-refractivity contribution in [1.82, 2.24) is 5.43 Å². The van der Waals surface area contributed by atoms with Gasteiger partial charge in [0.05, 0.1) is 0 Å². The summed E-state index contributed by atoms with van der Waals surface area (Å²) in [6.45, 7) is 4.02. The molecule has 1 N–H and O–H groups in total. The molecule has 1 fully saturated rings. The van der Waals surface area contributed by atoms with Crippen LogP contribution in [0.5, 0.6) is 5.75 Å². The quantitative estimate of drug-likeness (QED) is 0.858. The monoisotopic (exact) mass is 274 g/mol. The minimum atomic E-state index is -0.206. The van der Waals surface area contributed by atoms with Crippen molar-refractivity contribution < 1.29 is 9.53 Å². The van der Waals surface area contributed by atoms with E-state index in [2.05, 4.69) is 16.6 Å². The molecule has 0 heterocycles. The average Bonchev–Trinajstić information content (AvgIpc) is 2.43. The van der Waals surface area contributed by atoms with Gasteiger partial charge in [-0.25, -0.2) is 5.43 Å². The van der Waals surface area contributed by atoms with E-state index in [0.29, 0.717) is 0 Å². The van der Waals surface area contributed by atoms with Crippen molar-refractivity contribution in [3.63, 3.8) is 0 Å². The Morgan fingerprint density at radius 2 is 1.80 bits per heavy atom. The van der Waals surface area contributed by atoms with E-state index in [-0.39, 0.29) is 12.5 Å². The molecule has 0 atom stereocenters. The third kappa shape index (κ3) is 4.68. The number of rotatable bonds is 4. The van der Waals surface area contributed by atoms with Gasteiger partial charge in [0, 0.05) is 5.71 Å². The fourth-order valence-electron chi connectivity index (χ4n) is 2.41. The lowest BCUT2D eigenvalue weighted by molar-refractivity contribution is -0.123. The number of carbonyl (C=O) groups is 1. The second-order valence-electron chi connectivity index (χ2n) is 5.39. The molecule has 4 nitrogen and oxygen atoms in total. The van der Waals surface area contributed by atoms with E-state index < -0.39 is 0 Å². The van der Waals surface area contributed by atoms with Gasteiger partial charge >= 0.3 is 0 Å². The van der Waals surface area contributed by atoms with Crippen molar-refractivity contribution in [2.45, 2.75) is 46.0 Å². The molecule has 1 amide bonds. The van der Waals surface area contributed by atoms with Crippen molar-refractivity contribution in [1.29, 1.82) is 0 Å². The molecular weight excluding hydrogens is 252 g/mol. The Morgan fingerprint density at radius 3 is 2.45 bits per heavy atom. The van der Waals surface area contributed by atoms with Crippen LogP contribution >= 0.6 is 0 Å². The first-order valence-corrected chi connectivity index (χ1v) is 7.19. The summed E-state index contributed by atoms with van der Waals surface area (Å²) in [6, 6.07) is 5.92. The lowest BCUT2D eigenvalue weighted by atomic mass is 9.99. The highest BCUT2D eigenvalue weighted by Crippen LogP contribution is 2.16. The Labute approximate surface area is 120 Å². The summed E-state index contributed by atoms with van der Waals surface area (Å²) in [5.41, 5.74) is 5.92. The standard InChI is InChI=1S/C16H22N2O2/c1-12-8-13(2)10-15(9-12)20-11-16(19)18-17-14-6-4-3-5-7-14/h8-10H,3-7,11H2,1-2H3,(H,18,19). The highest BCUT2D eigenvalue weighted by Gasteiger charge is 2.08. The lowest BCUT2D eigenvalue weighted by Gasteiger charge is -2.12. The van der Waals surface area contributed by atoms with Gasteiger partial charge in [-0.05, 0) is 62.8 Å². The normalized spacial score (nSPS) is 14.8. The molecule has 0 saturated heterocycles. The number of ether oxygens (including phenoxy) is 1. The summed E-state index contributed by atoms with van der Waals surface area (Å²) in [7, 11) is 0. The van der Waals surface area contributed by atoms with Crippen molar-refractivity contribution >= 4 is 11.6 Å².